The number of likely N-dealkylation sites (N-methyl/N-ethyl adjacent to an activating group) is 1. The van der Waals surface area contributed by atoms with Gasteiger partial charge in [-0.2, -0.15) is 0 Å². The lowest BCUT2D eigenvalue weighted by Crippen LogP contribution is -2.56. The minimum atomic E-state index is -1.39. The van der Waals surface area contributed by atoms with Crippen LogP contribution in [0.5, 0.6) is 0 Å². The molecule has 0 radical (unpaired) electrons. The highest BCUT2D eigenvalue weighted by Crippen LogP contribution is 2.32. The highest BCUT2D eigenvalue weighted by molar-refractivity contribution is 5.78. The predicted octanol–water partition coefficient (Wildman–Crippen LogP) is -6.23. The summed E-state index contributed by atoms with van der Waals surface area (Å²) in [4.78, 5) is 89.8. The normalized spacial score (nSPS) is 24.8. The molecule has 0 aromatic heterocycles. The van der Waals surface area contributed by atoms with E-state index in [2.05, 4.69) is 71.6 Å². The molecule has 42 heteroatoms. The van der Waals surface area contributed by atoms with Crippen LogP contribution in [0, 0.1) is 17.8 Å². The van der Waals surface area contributed by atoms with E-state index < -0.39 is 135 Å². The van der Waals surface area contributed by atoms with Crippen molar-refractivity contribution in [3.63, 3.8) is 0 Å². The lowest BCUT2D eigenvalue weighted by atomic mass is 9.89. The summed E-state index contributed by atoms with van der Waals surface area (Å²) >= 11 is 0. The summed E-state index contributed by atoms with van der Waals surface area (Å²) in [6.45, 7) is 10.6. The van der Waals surface area contributed by atoms with E-state index in [0.29, 0.717) is 0 Å². The van der Waals surface area contributed by atoms with Crippen LogP contribution in [0.15, 0.2) is 38.0 Å². The van der Waals surface area contributed by atoms with Gasteiger partial charge in [0.05, 0.1) is 215 Å². The molecule has 3 fully saturated rings. The average molecular weight is 1600 g/mol. The Hall–Kier alpha value is -5.16. The standard InChI is InChI=1S/C68H121N7O35/c1-5-48-51(36-77)105-66(60(86)63(48)108-89)102-33-30-93-26-15-71-55(81)9-20-99-42-46(41-98-19-8-54(80)70-14-25-92-29-18-76)74-58(84)12-23-96-39-45(69-4)40-97-24-13-59(85)75-47(43-100-21-10-56(82)72-16-27-94-31-34-103-67-61(87)64(109-90)49(6-2)52(37-78)106-67)44-101-22-11-57(83)73-17-28-95-32-35-104-68-62(88)65(110-91)50(7-3)53(38-79)107-68/h5-7,45-53,60-69,76-79,86-91H,1-3,8-44H2,4H3,(H,70,80)(H,71,81)(H,72,82)(H,73,83)(H,74,84)(H,75,85). The molecule has 3 aliphatic heterocycles. The van der Waals surface area contributed by atoms with Crippen molar-refractivity contribution in [1.82, 2.24) is 37.2 Å². The molecule has 0 bridgehead atoms. The van der Waals surface area contributed by atoms with Gasteiger partial charge in [-0.25, -0.2) is 14.7 Å². The molecule has 3 heterocycles. The van der Waals surface area contributed by atoms with Crippen molar-refractivity contribution in [3.05, 3.63) is 38.0 Å². The SMILES string of the molecule is C=CC1C(CO)OC(OCCOCCNC(=O)CCOCC(COCCC(=O)NCCOCCO)NC(=O)CCOCC(COCCC(=O)NC(COCCC(=O)NCCOCCOC2OC(CO)C(C=C)C(OO)C2O)COCCC(=O)NCCOCCOC2OC(CO)C(C=C)C(OO)C2O)NC)C(O)C1OO. The molecule has 17 N–H and O–H groups in total. The Morgan fingerprint density at radius 1 is 0.355 bits per heavy atom. The molecule has 6 amide bonds. The number of aliphatic hydroxyl groups excluding tert-OH is 7. The summed E-state index contributed by atoms with van der Waals surface area (Å²) < 4.78 is 89.6. The highest BCUT2D eigenvalue weighted by atomic mass is 17.1. The fraction of sp³-hybridized carbons (Fsp3) is 0.824. The Morgan fingerprint density at radius 3 is 0.845 bits per heavy atom. The largest absolute Gasteiger partial charge is 0.394 e. The van der Waals surface area contributed by atoms with Crippen LogP contribution >= 0.6 is 0 Å². The van der Waals surface area contributed by atoms with Gasteiger partial charge >= 0.3 is 0 Å². The maximum absolute atomic E-state index is 13.3. The van der Waals surface area contributed by atoms with Gasteiger partial charge in [0.15, 0.2) is 18.9 Å². The van der Waals surface area contributed by atoms with E-state index in [1.807, 2.05) is 0 Å². The molecule has 3 saturated heterocycles. The van der Waals surface area contributed by atoms with E-state index in [4.69, 9.17) is 80.9 Å². The van der Waals surface area contributed by atoms with Crippen LogP contribution in [0.4, 0.5) is 0 Å². The van der Waals surface area contributed by atoms with Crippen LogP contribution in [-0.2, 0) is 119 Å². The second-order valence-corrected chi connectivity index (χ2v) is 24.9. The van der Waals surface area contributed by atoms with Crippen molar-refractivity contribution < 1.29 is 171 Å². The third kappa shape index (κ3) is 40.7. The Bertz CT molecular complexity index is 2400. The van der Waals surface area contributed by atoms with Gasteiger partial charge in [0.1, 0.15) is 36.6 Å². The van der Waals surface area contributed by atoms with Gasteiger partial charge in [-0.05, 0) is 7.05 Å². The summed E-state index contributed by atoms with van der Waals surface area (Å²) in [5.74, 6) is -4.30. The van der Waals surface area contributed by atoms with Gasteiger partial charge < -0.3 is 149 Å². The van der Waals surface area contributed by atoms with E-state index in [1.54, 1.807) is 7.05 Å². The van der Waals surface area contributed by atoms with Crippen molar-refractivity contribution in [2.75, 3.05) is 212 Å². The molecule has 17 atom stereocenters. The number of aliphatic hydroxyl groups is 7. The molecule has 0 spiro atoms. The molecular formula is C68H121N7O35. The fourth-order valence-electron chi connectivity index (χ4n) is 10.9. The molecule has 17 unspecified atom stereocenters. The van der Waals surface area contributed by atoms with E-state index in [9.17, 15) is 75.2 Å². The molecular weight excluding hydrogens is 1470 g/mol. The Morgan fingerprint density at radius 2 is 0.609 bits per heavy atom. The number of hydrogen-bond donors (Lipinski definition) is 17. The third-order valence-electron chi connectivity index (χ3n) is 16.9. The van der Waals surface area contributed by atoms with Crippen LogP contribution in [0.2, 0.25) is 0 Å². The van der Waals surface area contributed by atoms with Crippen molar-refractivity contribution in [2.24, 2.45) is 17.8 Å². The van der Waals surface area contributed by atoms with E-state index in [0.717, 1.165) is 0 Å². The summed E-state index contributed by atoms with van der Waals surface area (Å²) in [7, 11) is 1.68. The van der Waals surface area contributed by atoms with Gasteiger partial charge in [-0.3, -0.25) is 44.5 Å². The Balaban J connectivity index is 1.41. The number of carbonyl (C=O) groups is 6. The number of nitrogens with one attached hydrogen (secondary N) is 7. The van der Waals surface area contributed by atoms with E-state index in [1.165, 1.54) is 18.2 Å². The summed E-state index contributed by atoms with van der Waals surface area (Å²) in [6, 6.07) is -1.77. The molecule has 3 aliphatic rings. The number of rotatable bonds is 68. The van der Waals surface area contributed by atoms with Crippen molar-refractivity contribution >= 4 is 35.4 Å². The maximum atomic E-state index is 13.3. The quantitative estimate of drug-likeness (QED) is 0.0117. The monoisotopic (exact) mass is 1600 g/mol. The number of amides is 6. The molecule has 110 heavy (non-hydrogen) atoms. The van der Waals surface area contributed by atoms with Crippen LogP contribution in [0.1, 0.15) is 38.5 Å². The average Bonchev–Trinajstić information content (AvgIpc) is 0.820. The smallest absolute Gasteiger partial charge is 0.222 e. The van der Waals surface area contributed by atoms with Gasteiger partial charge in [0, 0.05) is 82.5 Å². The molecule has 3 rings (SSSR count). The Labute approximate surface area is 639 Å². The molecule has 42 nitrogen and oxygen atoms in total. The predicted molar refractivity (Wildman–Crippen MR) is 378 cm³/mol. The van der Waals surface area contributed by atoms with E-state index >= 15 is 0 Å². The van der Waals surface area contributed by atoms with E-state index in [-0.39, 0.29) is 253 Å². The van der Waals surface area contributed by atoms with Crippen molar-refractivity contribution in [3.8, 4) is 0 Å². The molecule has 0 aromatic carbocycles. The molecule has 0 aromatic rings. The summed E-state index contributed by atoms with van der Waals surface area (Å²) in [6.07, 6.45) is -9.93. The Kier molecular flexibility index (Phi) is 56.0. The topological polar surface area (TPSA) is 564 Å². The first-order chi connectivity index (χ1) is 53.4. The van der Waals surface area contributed by atoms with Gasteiger partial charge in [-0.1, -0.05) is 18.2 Å². The zero-order chi connectivity index (χ0) is 80.5. The summed E-state index contributed by atoms with van der Waals surface area (Å²) in [5, 5.41) is 117. The molecule has 638 valence electrons. The number of ether oxygens (including phenoxy) is 16. The van der Waals surface area contributed by atoms with Crippen molar-refractivity contribution in [1.29, 1.82) is 0 Å². The first kappa shape index (κ1) is 99.0. The van der Waals surface area contributed by atoms with Crippen LogP contribution in [0.3, 0.4) is 0 Å². The van der Waals surface area contributed by atoms with Gasteiger partial charge in [0.2, 0.25) is 35.4 Å². The van der Waals surface area contributed by atoms with Crippen LogP contribution in [-0.4, -0.2) is 391 Å². The lowest BCUT2D eigenvalue weighted by Gasteiger charge is -2.41. The molecule has 0 saturated carbocycles. The second kappa shape index (κ2) is 62.2. The second-order valence-electron chi connectivity index (χ2n) is 24.9. The number of hydrogen-bond acceptors (Lipinski definition) is 36. The van der Waals surface area contributed by atoms with Gasteiger partial charge in [0.25, 0.3) is 0 Å². The lowest BCUT2D eigenvalue weighted by molar-refractivity contribution is -0.365. The minimum Gasteiger partial charge on any atom is -0.394 e. The zero-order valence-electron chi connectivity index (χ0n) is 62.6. The van der Waals surface area contributed by atoms with Crippen molar-refractivity contribution in [2.45, 2.75) is 130 Å². The summed E-state index contributed by atoms with van der Waals surface area (Å²) in [5.41, 5.74) is 0. The third-order valence-corrected chi connectivity index (χ3v) is 16.9. The van der Waals surface area contributed by atoms with Gasteiger partial charge in [-0.15, -0.1) is 19.7 Å². The fourth-order valence-corrected chi connectivity index (χ4v) is 10.9. The van der Waals surface area contributed by atoms with Crippen LogP contribution < -0.4 is 37.2 Å². The van der Waals surface area contributed by atoms with Crippen LogP contribution in [0.25, 0.3) is 0 Å². The highest BCUT2D eigenvalue weighted by Gasteiger charge is 2.48. The first-order valence-electron chi connectivity index (χ1n) is 36.6. The minimum absolute atomic E-state index is 0.00232. The number of carbonyl (C=O) groups excluding carboxylic acids is 6. The molecule has 0 aliphatic carbocycles. The zero-order valence-corrected chi connectivity index (χ0v) is 62.6. The maximum Gasteiger partial charge on any atom is 0.222 e. The first-order valence-corrected chi connectivity index (χ1v) is 36.6.